The molecule has 0 aromatic heterocycles. The average molecular weight is 167 g/mol. The van der Waals surface area contributed by atoms with Crippen molar-refractivity contribution in [2.45, 2.75) is 25.8 Å². The smallest absolute Gasteiger partial charge is 0.118 e. The molecular weight excluding hydrogens is 150 g/mol. The monoisotopic (exact) mass is 167 g/mol. The molecule has 0 aliphatic carbocycles. The van der Waals surface area contributed by atoms with Crippen LogP contribution in [0, 0.1) is 17.2 Å². The van der Waals surface area contributed by atoms with Crippen LogP contribution in [0.15, 0.2) is 0 Å². The van der Waals surface area contributed by atoms with E-state index in [1.807, 2.05) is 0 Å². The Kier molecular flexibility index (Phi) is 2.71. The predicted octanol–water partition coefficient (Wildman–Crippen LogP) is 0.569. The minimum absolute atomic E-state index is 0.575. The van der Waals surface area contributed by atoms with Gasteiger partial charge in [-0.15, -0.1) is 0 Å². The average Bonchev–Trinajstić information content (AvgIpc) is 2.32. The third-order valence-corrected chi connectivity index (χ3v) is 2.23. The molecular formula is C9H17N3. The maximum absolute atomic E-state index is 8.78. The van der Waals surface area contributed by atoms with Crippen molar-refractivity contribution in [3.05, 3.63) is 0 Å². The molecule has 1 aliphatic heterocycles. The van der Waals surface area contributed by atoms with Crippen LogP contribution in [-0.4, -0.2) is 30.1 Å². The highest BCUT2D eigenvalue weighted by Gasteiger charge is 2.34. The highest BCUT2D eigenvalue weighted by atomic mass is 15.2. The zero-order valence-electron chi connectivity index (χ0n) is 7.88. The summed E-state index contributed by atoms with van der Waals surface area (Å²) in [7, 11) is 0. The molecule has 12 heavy (non-hydrogen) atoms. The van der Waals surface area contributed by atoms with Gasteiger partial charge in [0.05, 0.1) is 6.07 Å². The number of nitrogens with two attached hydrogens (primary N) is 1. The summed E-state index contributed by atoms with van der Waals surface area (Å²) in [4.78, 5) is 2.27. The van der Waals surface area contributed by atoms with Crippen molar-refractivity contribution in [2.75, 3.05) is 19.6 Å². The van der Waals surface area contributed by atoms with Crippen LogP contribution in [0.1, 0.15) is 20.3 Å². The first-order chi connectivity index (χ1) is 5.56. The van der Waals surface area contributed by atoms with Gasteiger partial charge in [0.1, 0.15) is 5.54 Å². The molecule has 0 spiro atoms. The van der Waals surface area contributed by atoms with Crippen LogP contribution in [0.4, 0.5) is 0 Å². The quantitative estimate of drug-likeness (QED) is 0.654. The fourth-order valence-electron chi connectivity index (χ4n) is 1.68. The molecule has 0 saturated carbocycles. The Morgan fingerprint density at radius 3 is 2.75 bits per heavy atom. The normalized spacial score (nSPS) is 30.9. The second kappa shape index (κ2) is 3.42. The van der Waals surface area contributed by atoms with E-state index in [-0.39, 0.29) is 0 Å². The molecule has 1 unspecified atom stereocenters. The van der Waals surface area contributed by atoms with Crippen molar-refractivity contribution < 1.29 is 0 Å². The van der Waals surface area contributed by atoms with E-state index in [0.29, 0.717) is 5.92 Å². The summed E-state index contributed by atoms with van der Waals surface area (Å²) in [5.41, 5.74) is 5.25. The molecule has 2 N–H and O–H groups in total. The third-order valence-electron chi connectivity index (χ3n) is 2.23. The summed E-state index contributed by atoms with van der Waals surface area (Å²) in [5, 5.41) is 8.78. The lowest BCUT2D eigenvalue weighted by Crippen LogP contribution is -2.41. The largest absolute Gasteiger partial charge is 0.312 e. The molecule has 0 bridgehead atoms. The molecule has 3 heteroatoms. The summed E-state index contributed by atoms with van der Waals surface area (Å²) in [5.74, 6) is 0.658. The number of nitrogens with zero attached hydrogens (tertiary/aromatic N) is 2. The Morgan fingerprint density at radius 1 is 1.67 bits per heavy atom. The Labute approximate surface area is 74.1 Å². The number of hydrogen-bond donors (Lipinski definition) is 1. The number of likely N-dealkylation sites (tertiary alicyclic amines) is 1. The summed E-state index contributed by atoms with van der Waals surface area (Å²) >= 11 is 0. The SMILES string of the molecule is CC(C)CN1CCC(N)(C#N)C1. The standard InChI is InChI=1S/C9H17N3/c1-8(2)5-12-4-3-9(11,6-10)7-12/h8H,3-5,7,11H2,1-2H3. The Morgan fingerprint density at radius 2 is 2.33 bits per heavy atom. The molecule has 1 heterocycles. The van der Waals surface area contributed by atoms with Crippen molar-refractivity contribution in [1.29, 1.82) is 5.26 Å². The van der Waals surface area contributed by atoms with Gasteiger partial charge in [-0.1, -0.05) is 13.8 Å². The number of nitriles is 1. The van der Waals surface area contributed by atoms with Crippen LogP contribution >= 0.6 is 0 Å². The zero-order valence-corrected chi connectivity index (χ0v) is 7.88. The van der Waals surface area contributed by atoms with E-state index in [1.165, 1.54) is 0 Å². The fraction of sp³-hybridized carbons (Fsp3) is 0.889. The first kappa shape index (κ1) is 9.50. The minimum atomic E-state index is -0.575. The molecule has 1 rings (SSSR count). The van der Waals surface area contributed by atoms with Crippen LogP contribution in [0.25, 0.3) is 0 Å². The zero-order chi connectivity index (χ0) is 9.19. The second-order valence-corrected chi connectivity index (χ2v) is 4.15. The van der Waals surface area contributed by atoms with Gasteiger partial charge in [-0.3, -0.25) is 0 Å². The molecule has 0 amide bonds. The predicted molar refractivity (Wildman–Crippen MR) is 48.4 cm³/mol. The van der Waals surface area contributed by atoms with Crippen molar-refractivity contribution in [3.63, 3.8) is 0 Å². The Hall–Kier alpha value is -0.590. The summed E-state index contributed by atoms with van der Waals surface area (Å²) in [6.07, 6.45) is 0.816. The molecule has 68 valence electrons. The van der Waals surface area contributed by atoms with E-state index in [4.69, 9.17) is 11.0 Å². The topological polar surface area (TPSA) is 53.0 Å². The second-order valence-electron chi connectivity index (χ2n) is 4.15. The van der Waals surface area contributed by atoms with E-state index in [2.05, 4.69) is 24.8 Å². The van der Waals surface area contributed by atoms with E-state index in [1.54, 1.807) is 0 Å². The fourth-order valence-corrected chi connectivity index (χ4v) is 1.68. The minimum Gasteiger partial charge on any atom is -0.312 e. The van der Waals surface area contributed by atoms with Crippen molar-refractivity contribution in [3.8, 4) is 6.07 Å². The summed E-state index contributed by atoms with van der Waals surface area (Å²) < 4.78 is 0. The maximum atomic E-state index is 8.78. The van der Waals surface area contributed by atoms with Crippen molar-refractivity contribution in [2.24, 2.45) is 11.7 Å². The molecule has 0 radical (unpaired) electrons. The summed E-state index contributed by atoms with van der Waals surface area (Å²) in [6.45, 7) is 7.14. The van der Waals surface area contributed by atoms with Crippen LogP contribution in [0.2, 0.25) is 0 Å². The van der Waals surface area contributed by atoms with Gasteiger partial charge in [0.25, 0.3) is 0 Å². The van der Waals surface area contributed by atoms with Gasteiger partial charge in [0.2, 0.25) is 0 Å². The first-order valence-corrected chi connectivity index (χ1v) is 4.48. The Bertz CT molecular complexity index is 194. The van der Waals surface area contributed by atoms with Gasteiger partial charge in [0.15, 0.2) is 0 Å². The van der Waals surface area contributed by atoms with Crippen molar-refractivity contribution >= 4 is 0 Å². The molecule has 1 atom stereocenters. The molecule has 1 aliphatic rings. The van der Waals surface area contributed by atoms with Crippen LogP contribution < -0.4 is 5.73 Å². The van der Waals surface area contributed by atoms with Crippen LogP contribution in [-0.2, 0) is 0 Å². The lowest BCUT2D eigenvalue weighted by molar-refractivity contribution is 0.288. The van der Waals surface area contributed by atoms with Gasteiger partial charge in [0, 0.05) is 19.6 Å². The molecule has 1 fully saturated rings. The van der Waals surface area contributed by atoms with E-state index in [9.17, 15) is 0 Å². The highest BCUT2D eigenvalue weighted by molar-refractivity contribution is 5.10. The number of rotatable bonds is 2. The lowest BCUT2D eigenvalue weighted by atomic mass is 10.0. The van der Waals surface area contributed by atoms with E-state index in [0.717, 1.165) is 26.1 Å². The molecule has 3 nitrogen and oxygen atoms in total. The van der Waals surface area contributed by atoms with Crippen LogP contribution in [0.3, 0.4) is 0 Å². The summed E-state index contributed by atoms with van der Waals surface area (Å²) in [6, 6.07) is 2.18. The van der Waals surface area contributed by atoms with Gasteiger partial charge in [-0.25, -0.2) is 0 Å². The van der Waals surface area contributed by atoms with E-state index >= 15 is 0 Å². The highest BCUT2D eigenvalue weighted by Crippen LogP contribution is 2.18. The third kappa shape index (κ3) is 2.20. The van der Waals surface area contributed by atoms with Gasteiger partial charge < -0.3 is 10.6 Å². The maximum Gasteiger partial charge on any atom is 0.118 e. The van der Waals surface area contributed by atoms with Gasteiger partial charge in [-0.05, 0) is 12.3 Å². The molecule has 0 aromatic rings. The first-order valence-electron chi connectivity index (χ1n) is 4.48. The van der Waals surface area contributed by atoms with Gasteiger partial charge in [-0.2, -0.15) is 5.26 Å². The van der Waals surface area contributed by atoms with Gasteiger partial charge >= 0.3 is 0 Å². The number of hydrogen-bond acceptors (Lipinski definition) is 3. The molecule has 0 aromatic carbocycles. The van der Waals surface area contributed by atoms with E-state index < -0.39 is 5.54 Å². The lowest BCUT2D eigenvalue weighted by Gasteiger charge is -2.19. The van der Waals surface area contributed by atoms with Crippen LogP contribution in [0.5, 0.6) is 0 Å². The molecule has 1 saturated heterocycles. The van der Waals surface area contributed by atoms with Crippen molar-refractivity contribution in [1.82, 2.24) is 4.90 Å². The Balaban J connectivity index is 2.42.